The zero-order valence-corrected chi connectivity index (χ0v) is 22.4. The highest BCUT2D eigenvalue weighted by Crippen LogP contribution is 2.37. The van der Waals surface area contributed by atoms with Crippen LogP contribution >= 0.6 is 43.5 Å². The highest BCUT2D eigenvalue weighted by Gasteiger charge is 2.30. The van der Waals surface area contributed by atoms with E-state index in [1.54, 1.807) is 6.07 Å². The molecule has 0 aromatic heterocycles. The first-order chi connectivity index (χ1) is 16.8. The quantitative estimate of drug-likeness (QED) is 0.171. The molecule has 36 heavy (non-hydrogen) atoms. The van der Waals surface area contributed by atoms with Crippen molar-refractivity contribution >= 4 is 71.2 Å². The number of carbonyl (C=O) groups is 1. The van der Waals surface area contributed by atoms with Gasteiger partial charge in [-0.05, 0) is 98.1 Å². The predicted molar refractivity (Wildman–Crippen MR) is 135 cm³/mol. The predicted octanol–water partition coefficient (Wildman–Crippen LogP) is 7.20. The van der Waals surface area contributed by atoms with E-state index < -0.39 is 33.3 Å². The summed E-state index contributed by atoms with van der Waals surface area (Å²) >= 11 is 12.2. The largest absolute Gasteiger partial charge is 0.416 e. The minimum Gasteiger partial charge on any atom is -0.377 e. The Morgan fingerprint density at radius 2 is 1.67 bits per heavy atom. The Morgan fingerprint density at radius 1 is 1.06 bits per heavy atom. The van der Waals surface area contributed by atoms with E-state index in [4.69, 9.17) is 15.8 Å². The molecular formula is C23H12Br2ClF3N2O4S. The number of anilines is 1. The van der Waals surface area contributed by atoms with Crippen LogP contribution in [0.3, 0.4) is 0 Å². The van der Waals surface area contributed by atoms with Crippen molar-refractivity contribution in [2.75, 3.05) is 5.32 Å². The van der Waals surface area contributed by atoms with E-state index in [1.165, 1.54) is 48.5 Å². The second kappa shape index (κ2) is 11.0. The van der Waals surface area contributed by atoms with Crippen LogP contribution in [0.25, 0.3) is 6.08 Å². The summed E-state index contributed by atoms with van der Waals surface area (Å²) < 4.78 is 69.5. The molecule has 3 aromatic carbocycles. The minimum atomic E-state index is -4.60. The smallest absolute Gasteiger partial charge is 0.377 e. The summed E-state index contributed by atoms with van der Waals surface area (Å²) in [5, 5.41) is 12.0. The average molecular weight is 665 g/mol. The SMILES string of the molecule is N#C/C(=C\c1cc(Br)c(OS(=O)(=O)c2ccc(Cl)cc2)c(Br)c1)C(=O)Nc1cccc(C(F)(F)F)c1. The molecule has 0 spiro atoms. The fourth-order valence-electron chi connectivity index (χ4n) is 2.79. The molecule has 13 heteroatoms. The van der Waals surface area contributed by atoms with Gasteiger partial charge in [0.25, 0.3) is 5.91 Å². The lowest BCUT2D eigenvalue weighted by Crippen LogP contribution is -2.14. The van der Waals surface area contributed by atoms with Crippen molar-refractivity contribution in [3.8, 4) is 11.8 Å². The number of rotatable bonds is 6. The van der Waals surface area contributed by atoms with E-state index in [-0.39, 0.29) is 25.3 Å². The van der Waals surface area contributed by atoms with Crippen LogP contribution < -0.4 is 9.50 Å². The van der Waals surface area contributed by atoms with E-state index in [2.05, 4.69) is 37.2 Å². The van der Waals surface area contributed by atoms with Crippen molar-refractivity contribution in [2.45, 2.75) is 11.1 Å². The molecule has 0 radical (unpaired) electrons. The number of halogens is 6. The number of benzene rings is 3. The third-order valence-electron chi connectivity index (χ3n) is 4.44. The molecule has 0 fully saturated rings. The molecule has 0 aliphatic heterocycles. The summed E-state index contributed by atoms with van der Waals surface area (Å²) in [7, 11) is -4.21. The molecule has 0 bridgehead atoms. The second-order valence-corrected chi connectivity index (χ2v) is 10.7. The van der Waals surface area contributed by atoms with Gasteiger partial charge in [0.1, 0.15) is 16.5 Å². The van der Waals surface area contributed by atoms with E-state index in [1.807, 2.05) is 0 Å². The van der Waals surface area contributed by atoms with E-state index in [0.717, 1.165) is 18.2 Å². The topological polar surface area (TPSA) is 96.3 Å². The molecule has 0 saturated heterocycles. The maximum Gasteiger partial charge on any atom is 0.416 e. The Morgan fingerprint density at radius 3 is 2.22 bits per heavy atom. The van der Waals surface area contributed by atoms with Crippen molar-refractivity contribution < 1.29 is 30.6 Å². The van der Waals surface area contributed by atoms with Crippen molar-refractivity contribution in [1.29, 1.82) is 5.26 Å². The maximum absolute atomic E-state index is 12.9. The number of nitriles is 1. The van der Waals surface area contributed by atoms with E-state index in [0.29, 0.717) is 10.6 Å². The normalized spacial score (nSPS) is 12.1. The average Bonchev–Trinajstić information content (AvgIpc) is 2.79. The number of carbonyl (C=O) groups excluding carboxylic acids is 1. The summed E-state index contributed by atoms with van der Waals surface area (Å²) in [6.07, 6.45) is -3.42. The first kappa shape index (κ1) is 27.7. The van der Waals surface area contributed by atoms with Crippen LogP contribution in [0.1, 0.15) is 11.1 Å². The molecule has 0 saturated carbocycles. The van der Waals surface area contributed by atoms with Gasteiger partial charge in [-0.1, -0.05) is 17.7 Å². The molecule has 0 heterocycles. The lowest BCUT2D eigenvalue weighted by Gasteiger charge is -2.12. The van der Waals surface area contributed by atoms with Gasteiger partial charge in [-0.25, -0.2) is 0 Å². The second-order valence-electron chi connectivity index (χ2n) is 7.01. The molecule has 1 amide bonds. The van der Waals surface area contributed by atoms with Crippen molar-refractivity contribution in [3.63, 3.8) is 0 Å². The molecule has 6 nitrogen and oxygen atoms in total. The van der Waals surface area contributed by atoms with Gasteiger partial charge in [-0.15, -0.1) is 0 Å². The highest BCUT2D eigenvalue weighted by atomic mass is 79.9. The zero-order chi connectivity index (χ0) is 26.7. The highest BCUT2D eigenvalue weighted by molar-refractivity contribution is 9.11. The summed E-state index contributed by atoms with van der Waals surface area (Å²) in [5.41, 5.74) is -1.22. The molecule has 0 unspecified atom stereocenters. The summed E-state index contributed by atoms with van der Waals surface area (Å²) in [4.78, 5) is 12.4. The summed E-state index contributed by atoms with van der Waals surface area (Å²) in [6, 6.07) is 13.8. The number of hydrogen-bond acceptors (Lipinski definition) is 5. The maximum atomic E-state index is 12.9. The lowest BCUT2D eigenvalue weighted by atomic mass is 10.1. The van der Waals surface area contributed by atoms with Crippen molar-refractivity contribution in [3.05, 3.63) is 91.3 Å². The molecule has 0 aliphatic rings. The Balaban J connectivity index is 1.85. The van der Waals surface area contributed by atoms with Crippen LogP contribution in [0.15, 0.2) is 80.1 Å². The van der Waals surface area contributed by atoms with Gasteiger partial charge in [-0.3, -0.25) is 4.79 Å². The van der Waals surface area contributed by atoms with Gasteiger partial charge in [-0.2, -0.15) is 26.9 Å². The van der Waals surface area contributed by atoms with Gasteiger partial charge in [0.15, 0.2) is 5.75 Å². The van der Waals surface area contributed by atoms with Gasteiger partial charge >= 0.3 is 16.3 Å². The van der Waals surface area contributed by atoms with Crippen LogP contribution in [0.4, 0.5) is 18.9 Å². The number of amides is 1. The lowest BCUT2D eigenvalue weighted by molar-refractivity contribution is -0.137. The van der Waals surface area contributed by atoms with Crippen molar-refractivity contribution in [1.82, 2.24) is 0 Å². The van der Waals surface area contributed by atoms with Crippen LogP contribution in [-0.4, -0.2) is 14.3 Å². The number of alkyl halides is 3. The fraction of sp³-hybridized carbons (Fsp3) is 0.0435. The number of nitrogens with zero attached hydrogens (tertiary/aromatic N) is 1. The summed E-state index contributed by atoms with van der Waals surface area (Å²) in [6.45, 7) is 0. The zero-order valence-electron chi connectivity index (χ0n) is 17.6. The Kier molecular flexibility index (Phi) is 8.51. The van der Waals surface area contributed by atoms with Crippen LogP contribution in [0.5, 0.6) is 5.75 Å². The van der Waals surface area contributed by atoms with Crippen LogP contribution in [0, 0.1) is 11.3 Å². The van der Waals surface area contributed by atoms with E-state index in [9.17, 15) is 31.6 Å². The van der Waals surface area contributed by atoms with Gasteiger partial charge < -0.3 is 9.50 Å². The van der Waals surface area contributed by atoms with Crippen molar-refractivity contribution in [2.24, 2.45) is 0 Å². The molecule has 0 aliphatic carbocycles. The molecule has 1 N–H and O–H groups in total. The third-order valence-corrected chi connectivity index (χ3v) is 7.11. The Hall–Kier alpha value is -2.85. The molecule has 3 rings (SSSR count). The van der Waals surface area contributed by atoms with Gasteiger partial charge in [0.2, 0.25) is 0 Å². The number of nitrogens with one attached hydrogen (secondary N) is 1. The van der Waals surface area contributed by atoms with Gasteiger partial charge in [0.05, 0.1) is 14.5 Å². The first-order valence-corrected chi connectivity index (χ1v) is 13.0. The minimum absolute atomic E-state index is 0.0889. The molecular weight excluding hydrogens is 653 g/mol. The monoisotopic (exact) mass is 662 g/mol. The first-order valence-electron chi connectivity index (χ1n) is 9.59. The summed E-state index contributed by atoms with van der Waals surface area (Å²) in [5.74, 6) is -1.02. The number of hydrogen-bond donors (Lipinski definition) is 1. The molecule has 0 atom stereocenters. The Bertz CT molecular complexity index is 1480. The fourth-order valence-corrected chi connectivity index (χ4v) is 5.48. The third kappa shape index (κ3) is 6.88. The standard InChI is InChI=1S/C23H12Br2ClF3N2O4S/c24-19-9-13(10-20(25)21(19)35-36(33,34)18-6-4-16(26)5-7-18)8-14(12-30)22(32)31-17-3-1-2-15(11-17)23(27,28)29/h1-11H,(H,31,32)/b14-8+. The molecule has 186 valence electrons. The Labute approximate surface area is 225 Å². The molecule has 3 aromatic rings. The van der Waals surface area contributed by atoms with Crippen LogP contribution in [-0.2, 0) is 21.1 Å². The van der Waals surface area contributed by atoms with Gasteiger partial charge in [0, 0.05) is 10.7 Å². The van der Waals surface area contributed by atoms with E-state index >= 15 is 0 Å². The van der Waals surface area contributed by atoms with Crippen LogP contribution in [0.2, 0.25) is 5.02 Å².